The van der Waals surface area contributed by atoms with Crippen molar-refractivity contribution in [2.45, 2.75) is 116 Å². The number of unbranched alkanes of at least 4 members (excludes halogenated alkanes) is 4. The number of likely N-dealkylation sites (N-methyl/N-ethyl adjacent to an activating group) is 1. The van der Waals surface area contributed by atoms with Crippen molar-refractivity contribution in [1.29, 1.82) is 0 Å². The highest BCUT2D eigenvalue weighted by atomic mass is 31.2. The molecule has 9 nitrogen and oxygen atoms in total. The van der Waals surface area contributed by atoms with Gasteiger partial charge in [-0.05, 0) is 77.0 Å². The minimum Gasteiger partial charge on any atom is -0.756 e. The summed E-state index contributed by atoms with van der Waals surface area (Å²) in [5.74, 6) is -0.978. The second-order valence-corrected chi connectivity index (χ2v) is 16.1. The third-order valence-corrected chi connectivity index (χ3v) is 9.01. The fourth-order valence-corrected chi connectivity index (χ4v) is 5.47. The van der Waals surface area contributed by atoms with E-state index in [2.05, 4.69) is 92.8 Å². The topological polar surface area (TPSA) is 111 Å². The number of hydrogen-bond donors (Lipinski definition) is 0. The van der Waals surface area contributed by atoms with Crippen molar-refractivity contribution in [1.82, 2.24) is 0 Å². The molecule has 2 atom stereocenters. The SMILES string of the molecule is CC/C=C/C=C/C=C/C=C/C=C/CCCC(=O)OC(COC(=O)CCCCC/C=C/C/C=C/C/C=C/C/C=C/C/C=C/C/C=C/CC)COP(=O)([O-])OCC[N+](C)(C)C. The van der Waals surface area contributed by atoms with E-state index in [0.29, 0.717) is 30.3 Å². The normalized spacial score (nSPS) is 14.9. The molecule has 0 aromatic rings. The van der Waals surface area contributed by atoms with Crippen LogP contribution in [0.15, 0.2) is 134 Å². The Kier molecular flexibility index (Phi) is 37.0. The van der Waals surface area contributed by atoms with Crippen LogP contribution in [0.4, 0.5) is 0 Å². The minimum atomic E-state index is -4.66. The molecule has 0 fully saturated rings. The van der Waals surface area contributed by atoms with E-state index >= 15 is 0 Å². The lowest BCUT2D eigenvalue weighted by Crippen LogP contribution is -2.37. The van der Waals surface area contributed by atoms with Gasteiger partial charge in [-0.2, -0.15) is 0 Å². The molecule has 59 heavy (non-hydrogen) atoms. The maximum Gasteiger partial charge on any atom is 0.306 e. The highest BCUT2D eigenvalue weighted by molar-refractivity contribution is 7.45. The molecule has 0 aromatic carbocycles. The minimum absolute atomic E-state index is 0.0590. The molecule has 2 unspecified atom stereocenters. The number of hydrogen-bond acceptors (Lipinski definition) is 8. The van der Waals surface area contributed by atoms with Crippen molar-refractivity contribution in [2.24, 2.45) is 0 Å². The van der Waals surface area contributed by atoms with Crippen molar-refractivity contribution >= 4 is 19.8 Å². The predicted molar refractivity (Wildman–Crippen MR) is 244 cm³/mol. The fourth-order valence-electron chi connectivity index (χ4n) is 4.74. The van der Waals surface area contributed by atoms with Crippen molar-refractivity contribution in [3.05, 3.63) is 134 Å². The van der Waals surface area contributed by atoms with E-state index < -0.39 is 32.5 Å². The molecule has 0 aliphatic carbocycles. The highest BCUT2D eigenvalue weighted by Crippen LogP contribution is 2.38. The summed E-state index contributed by atoms with van der Waals surface area (Å²) in [6.45, 7) is 3.79. The number of ether oxygens (including phenoxy) is 2. The van der Waals surface area contributed by atoms with Gasteiger partial charge in [0, 0.05) is 12.8 Å². The van der Waals surface area contributed by atoms with Crippen molar-refractivity contribution in [3.8, 4) is 0 Å². The Morgan fingerprint density at radius 2 is 1.02 bits per heavy atom. The molecule has 0 saturated heterocycles. The lowest BCUT2D eigenvalue weighted by atomic mass is 10.1. The Morgan fingerprint density at radius 1 is 0.542 bits per heavy atom. The third-order valence-electron chi connectivity index (χ3n) is 8.04. The summed E-state index contributed by atoms with van der Waals surface area (Å²) in [6, 6.07) is 0. The van der Waals surface area contributed by atoms with Gasteiger partial charge in [0.05, 0.1) is 27.7 Å². The summed E-state index contributed by atoms with van der Waals surface area (Å²) in [6.07, 6.45) is 56.4. The van der Waals surface area contributed by atoms with Crippen LogP contribution in [0.1, 0.15) is 110 Å². The molecule has 330 valence electrons. The molecule has 0 spiro atoms. The van der Waals surface area contributed by atoms with Gasteiger partial charge in [0.1, 0.15) is 19.8 Å². The number of carbonyl (C=O) groups is 2. The zero-order valence-corrected chi connectivity index (χ0v) is 37.8. The Bertz CT molecular complexity index is 1460. The second kappa shape index (κ2) is 39.6. The molecule has 0 amide bonds. The molecular weight excluding hydrogens is 762 g/mol. The molecule has 0 aromatic heterocycles. The summed E-state index contributed by atoms with van der Waals surface area (Å²) in [7, 11) is 1.07. The van der Waals surface area contributed by atoms with Crippen LogP contribution in [0.5, 0.6) is 0 Å². The summed E-state index contributed by atoms with van der Waals surface area (Å²) >= 11 is 0. The smallest absolute Gasteiger partial charge is 0.306 e. The van der Waals surface area contributed by atoms with E-state index in [4.69, 9.17) is 18.5 Å². The summed E-state index contributed by atoms with van der Waals surface area (Å²) < 4.78 is 33.7. The first-order valence-electron chi connectivity index (χ1n) is 21.5. The van der Waals surface area contributed by atoms with Gasteiger partial charge >= 0.3 is 11.9 Å². The number of rotatable bonds is 36. The lowest BCUT2D eigenvalue weighted by molar-refractivity contribution is -0.870. The molecular formula is C49H76NO8P. The van der Waals surface area contributed by atoms with Gasteiger partial charge in [0.15, 0.2) is 6.10 Å². The van der Waals surface area contributed by atoms with Crippen LogP contribution in [0.25, 0.3) is 0 Å². The average Bonchev–Trinajstić information content (AvgIpc) is 3.19. The highest BCUT2D eigenvalue weighted by Gasteiger charge is 2.21. The number of carbonyl (C=O) groups excluding carboxylic acids is 2. The predicted octanol–water partition coefficient (Wildman–Crippen LogP) is 11.7. The Labute approximate surface area is 358 Å². The first-order chi connectivity index (χ1) is 28.5. The van der Waals surface area contributed by atoms with Crippen LogP contribution in [-0.4, -0.2) is 70.0 Å². The van der Waals surface area contributed by atoms with Crippen molar-refractivity contribution in [3.63, 3.8) is 0 Å². The van der Waals surface area contributed by atoms with Gasteiger partial charge in [0.2, 0.25) is 0 Å². The molecule has 10 heteroatoms. The zero-order chi connectivity index (χ0) is 43.6. The van der Waals surface area contributed by atoms with Gasteiger partial charge in [-0.25, -0.2) is 0 Å². The number of esters is 2. The van der Waals surface area contributed by atoms with Crippen LogP contribution in [0.2, 0.25) is 0 Å². The average molecular weight is 838 g/mol. The first-order valence-corrected chi connectivity index (χ1v) is 22.9. The van der Waals surface area contributed by atoms with Crippen LogP contribution in [0.3, 0.4) is 0 Å². The largest absolute Gasteiger partial charge is 0.756 e. The molecule has 0 aliphatic heterocycles. The third kappa shape index (κ3) is 43.6. The molecule has 0 bridgehead atoms. The van der Waals surface area contributed by atoms with E-state index in [9.17, 15) is 19.0 Å². The van der Waals surface area contributed by atoms with Crippen LogP contribution >= 0.6 is 7.82 Å². The molecule has 0 radical (unpaired) electrons. The number of phosphoric ester groups is 1. The van der Waals surface area contributed by atoms with Crippen molar-refractivity contribution < 1.29 is 42.1 Å². The molecule has 0 saturated carbocycles. The summed E-state index contributed by atoms with van der Waals surface area (Å²) in [5, 5.41) is 0. The van der Waals surface area contributed by atoms with E-state index in [1.807, 2.05) is 75.8 Å². The Morgan fingerprint density at radius 3 is 1.56 bits per heavy atom. The maximum atomic E-state index is 12.6. The molecule has 0 heterocycles. The number of quaternary nitrogens is 1. The van der Waals surface area contributed by atoms with E-state index in [1.54, 1.807) is 0 Å². The van der Waals surface area contributed by atoms with Crippen LogP contribution in [0, 0.1) is 0 Å². The quantitative estimate of drug-likeness (QED) is 0.0153. The van der Waals surface area contributed by atoms with Crippen LogP contribution < -0.4 is 4.89 Å². The maximum absolute atomic E-state index is 12.6. The van der Waals surface area contributed by atoms with Gasteiger partial charge in [-0.3, -0.25) is 14.2 Å². The molecule has 0 N–H and O–H groups in total. The van der Waals surface area contributed by atoms with Gasteiger partial charge < -0.3 is 27.9 Å². The second-order valence-electron chi connectivity index (χ2n) is 14.7. The Hall–Kier alpha value is -3.85. The van der Waals surface area contributed by atoms with Gasteiger partial charge in [-0.15, -0.1) is 0 Å². The zero-order valence-electron chi connectivity index (χ0n) is 36.9. The molecule has 0 rings (SSSR count). The van der Waals surface area contributed by atoms with E-state index in [-0.39, 0.29) is 26.1 Å². The summed E-state index contributed by atoms with van der Waals surface area (Å²) in [4.78, 5) is 37.5. The van der Waals surface area contributed by atoms with Gasteiger partial charge in [-0.1, -0.05) is 154 Å². The van der Waals surface area contributed by atoms with Gasteiger partial charge in [0.25, 0.3) is 7.82 Å². The standard InChI is InChI=1S/C49H76NO8P/c1-6-8-10-12-14-16-18-20-21-22-23-24-25-26-27-28-30-31-33-35-37-39-41-48(51)55-45-47(46-57-59(53,54)56-44-43-50(3,4)5)58-49(52)42-40-38-36-34-32-29-19-17-15-13-11-9-7-2/h8-11,13-17,19-21,23-24,26-27,29-32,34,36,47H,6-7,12,18,22,25,28,33,35,37-46H2,1-5H3/b10-8+,11-9+,15-13+,16-14+,19-17+,21-20+,24-23+,27-26+,31-30+,32-29+,36-34+. The fraction of sp³-hybridized carbons (Fsp3) is 0.510. The number of nitrogens with zero attached hydrogens (tertiary/aromatic N) is 1. The molecule has 0 aliphatic rings. The van der Waals surface area contributed by atoms with Crippen LogP contribution in [-0.2, 0) is 32.7 Å². The number of phosphoric acid groups is 1. The van der Waals surface area contributed by atoms with Crippen molar-refractivity contribution in [2.75, 3.05) is 47.5 Å². The number of allylic oxidation sites excluding steroid dienone is 22. The summed E-state index contributed by atoms with van der Waals surface area (Å²) in [5.41, 5.74) is 0. The Balaban J connectivity index is 4.52. The monoisotopic (exact) mass is 838 g/mol. The van der Waals surface area contributed by atoms with E-state index in [0.717, 1.165) is 64.2 Å². The first kappa shape index (κ1) is 55.2. The van der Waals surface area contributed by atoms with E-state index in [1.165, 1.54) is 0 Å². The lowest BCUT2D eigenvalue weighted by Gasteiger charge is -2.28.